The third kappa shape index (κ3) is 3.74. The molecule has 0 fully saturated rings. The van der Waals surface area contributed by atoms with Crippen molar-refractivity contribution in [2.75, 3.05) is 0 Å². The molecule has 1 N–H and O–H groups in total. The van der Waals surface area contributed by atoms with Gasteiger partial charge in [-0.2, -0.15) is 4.98 Å². The molecular formula is C19H13FN4O3. The maximum absolute atomic E-state index is 13.0. The third-order valence-corrected chi connectivity index (χ3v) is 3.77. The van der Waals surface area contributed by atoms with Gasteiger partial charge in [0.2, 0.25) is 11.7 Å². The average Bonchev–Trinajstić information content (AvgIpc) is 3.37. The highest BCUT2D eigenvalue weighted by Gasteiger charge is 2.15. The molecule has 4 aromatic rings. The number of rotatable bonds is 5. The highest BCUT2D eigenvalue weighted by atomic mass is 19.1. The maximum atomic E-state index is 13.0. The zero-order chi connectivity index (χ0) is 18.6. The summed E-state index contributed by atoms with van der Waals surface area (Å²) >= 11 is 0. The molecule has 0 bridgehead atoms. The summed E-state index contributed by atoms with van der Waals surface area (Å²) in [6.45, 7) is 0.0283. The minimum Gasteiger partial charge on any atom is -0.355 e. The standard InChI is InChI=1S/C19H13FN4O3/c20-14-8-6-13(7-9-14)18-22-17(27-24-18)11-21-19(25)15-10-16(26-23-15)12-4-2-1-3-5-12/h1-10H,11H2,(H,21,25). The van der Waals surface area contributed by atoms with Gasteiger partial charge in [0.05, 0.1) is 6.54 Å². The quantitative estimate of drug-likeness (QED) is 0.583. The minimum atomic E-state index is -0.428. The molecule has 0 radical (unpaired) electrons. The van der Waals surface area contributed by atoms with Crippen LogP contribution >= 0.6 is 0 Å². The topological polar surface area (TPSA) is 94.1 Å². The molecule has 4 rings (SSSR count). The SMILES string of the molecule is O=C(NCc1nc(-c2ccc(F)cc2)no1)c1cc(-c2ccccc2)on1. The fraction of sp³-hybridized carbons (Fsp3) is 0.0526. The van der Waals surface area contributed by atoms with Crippen molar-refractivity contribution < 1.29 is 18.2 Å². The first-order valence-corrected chi connectivity index (χ1v) is 8.08. The Morgan fingerprint density at radius 3 is 2.52 bits per heavy atom. The molecule has 1 amide bonds. The summed E-state index contributed by atoms with van der Waals surface area (Å²) in [5, 5.41) is 10.2. The van der Waals surface area contributed by atoms with Gasteiger partial charge in [-0.3, -0.25) is 4.79 Å². The molecule has 0 aliphatic rings. The molecule has 2 aromatic heterocycles. The highest BCUT2D eigenvalue weighted by Crippen LogP contribution is 2.20. The number of aromatic nitrogens is 3. The van der Waals surface area contributed by atoms with Crippen LogP contribution in [0.5, 0.6) is 0 Å². The van der Waals surface area contributed by atoms with Gasteiger partial charge in [0.25, 0.3) is 5.91 Å². The molecule has 2 aromatic carbocycles. The summed E-state index contributed by atoms with van der Waals surface area (Å²) in [5.74, 6) is 0.248. The number of hydrogen-bond acceptors (Lipinski definition) is 6. The molecule has 0 spiro atoms. The smallest absolute Gasteiger partial charge is 0.273 e. The second-order valence-corrected chi connectivity index (χ2v) is 5.64. The molecule has 0 saturated carbocycles. The molecular weight excluding hydrogens is 351 g/mol. The molecule has 0 aliphatic carbocycles. The van der Waals surface area contributed by atoms with Gasteiger partial charge >= 0.3 is 0 Å². The van der Waals surface area contributed by atoms with Gasteiger partial charge in [-0.1, -0.05) is 40.6 Å². The Balaban J connectivity index is 1.40. The van der Waals surface area contributed by atoms with Crippen LogP contribution in [0.15, 0.2) is 69.7 Å². The molecule has 0 saturated heterocycles. The van der Waals surface area contributed by atoms with Crippen molar-refractivity contribution in [3.63, 3.8) is 0 Å². The molecule has 27 heavy (non-hydrogen) atoms. The van der Waals surface area contributed by atoms with Gasteiger partial charge in [0, 0.05) is 17.2 Å². The Kier molecular flexibility index (Phi) is 4.44. The summed E-state index contributed by atoms with van der Waals surface area (Å²) in [6, 6.07) is 16.6. The van der Waals surface area contributed by atoms with E-state index in [0.717, 1.165) is 5.56 Å². The zero-order valence-corrected chi connectivity index (χ0v) is 13.9. The van der Waals surface area contributed by atoms with Gasteiger partial charge in [-0.25, -0.2) is 4.39 Å². The van der Waals surface area contributed by atoms with Crippen LogP contribution in [0.4, 0.5) is 4.39 Å². The van der Waals surface area contributed by atoms with Crippen molar-refractivity contribution in [3.8, 4) is 22.7 Å². The molecule has 0 aliphatic heterocycles. The Labute approximate surface area is 152 Å². The van der Waals surface area contributed by atoms with Crippen LogP contribution in [-0.2, 0) is 6.54 Å². The second-order valence-electron chi connectivity index (χ2n) is 5.64. The monoisotopic (exact) mass is 364 g/mol. The van der Waals surface area contributed by atoms with Crippen molar-refractivity contribution >= 4 is 5.91 Å². The first kappa shape index (κ1) is 16.6. The fourth-order valence-electron chi connectivity index (χ4n) is 2.41. The minimum absolute atomic E-state index is 0.0283. The van der Waals surface area contributed by atoms with Crippen molar-refractivity contribution in [1.29, 1.82) is 0 Å². The molecule has 134 valence electrons. The summed E-state index contributed by atoms with van der Waals surface area (Å²) < 4.78 is 23.3. The van der Waals surface area contributed by atoms with E-state index >= 15 is 0 Å². The molecule has 0 unspecified atom stereocenters. The van der Waals surface area contributed by atoms with E-state index in [-0.39, 0.29) is 23.9 Å². The second kappa shape index (κ2) is 7.20. The Bertz CT molecular complexity index is 1060. The van der Waals surface area contributed by atoms with Gasteiger partial charge in [0.1, 0.15) is 5.82 Å². The van der Waals surface area contributed by atoms with E-state index in [1.165, 1.54) is 12.1 Å². The third-order valence-electron chi connectivity index (χ3n) is 3.77. The fourth-order valence-corrected chi connectivity index (χ4v) is 2.41. The van der Waals surface area contributed by atoms with Crippen LogP contribution in [0.3, 0.4) is 0 Å². The van der Waals surface area contributed by atoms with E-state index < -0.39 is 5.91 Å². The number of amides is 1. The van der Waals surface area contributed by atoms with Crippen LogP contribution in [-0.4, -0.2) is 21.2 Å². The lowest BCUT2D eigenvalue weighted by Crippen LogP contribution is -2.23. The summed E-state index contributed by atoms with van der Waals surface area (Å²) in [4.78, 5) is 16.4. The maximum Gasteiger partial charge on any atom is 0.273 e. The van der Waals surface area contributed by atoms with Crippen molar-refractivity contribution in [3.05, 3.63) is 78.1 Å². The number of benzene rings is 2. The Morgan fingerprint density at radius 1 is 0.963 bits per heavy atom. The Morgan fingerprint density at radius 2 is 1.74 bits per heavy atom. The predicted octanol–water partition coefficient (Wildman–Crippen LogP) is 3.46. The van der Waals surface area contributed by atoms with E-state index in [4.69, 9.17) is 9.05 Å². The molecule has 7 nitrogen and oxygen atoms in total. The van der Waals surface area contributed by atoms with E-state index in [2.05, 4.69) is 20.6 Å². The lowest BCUT2D eigenvalue weighted by atomic mass is 10.1. The van der Waals surface area contributed by atoms with E-state index in [9.17, 15) is 9.18 Å². The van der Waals surface area contributed by atoms with Crippen LogP contribution in [0.1, 0.15) is 16.4 Å². The van der Waals surface area contributed by atoms with Gasteiger partial charge in [0.15, 0.2) is 11.5 Å². The molecule has 0 atom stereocenters. The van der Waals surface area contributed by atoms with Gasteiger partial charge in [-0.15, -0.1) is 0 Å². The number of carbonyl (C=O) groups is 1. The first-order valence-electron chi connectivity index (χ1n) is 8.08. The number of hydrogen-bond donors (Lipinski definition) is 1. The van der Waals surface area contributed by atoms with E-state index in [1.807, 2.05) is 30.3 Å². The van der Waals surface area contributed by atoms with Crippen LogP contribution in [0.2, 0.25) is 0 Å². The predicted molar refractivity (Wildman–Crippen MR) is 92.8 cm³/mol. The molecule has 8 heteroatoms. The lowest BCUT2D eigenvalue weighted by molar-refractivity contribution is 0.0937. The number of halogens is 1. The normalized spacial score (nSPS) is 10.7. The van der Waals surface area contributed by atoms with Crippen molar-refractivity contribution in [2.45, 2.75) is 6.54 Å². The van der Waals surface area contributed by atoms with Crippen LogP contribution in [0.25, 0.3) is 22.7 Å². The lowest BCUT2D eigenvalue weighted by Gasteiger charge is -1.97. The van der Waals surface area contributed by atoms with Gasteiger partial charge in [-0.05, 0) is 24.3 Å². The summed E-state index contributed by atoms with van der Waals surface area (Å²) in [7, 11) is 0. The Hall–Kier alpha value is -3.81. The number of carbonyl (C=O) groups excluding carboxylic acids is 1. The summed E-state index contributed by atoms with van der Waals surface area (Å²) in [5.41, 5.74) is 1.58. The average molecular weight is 364 g/mol. The van der Waals surface area contributed by atoms with E-state index in [1.54, 1.807) is 18.2 Å². The van der Waals surface area contributed by atoms with Crippen LogP contribution in [0, 0.1) is 5.82 Å². The molecule has 2 heterocycles. The summed E-state index contributed by atoms with van der Waals surface area (Å²) in [6.07, 6.45) is 0. The van der Waals surface area contributed by atoms with Crippen LogP contribution < -0.4 is 5.32 Å². The van der Waals surface area contributed by atoms with E-state index in [0.29, 0.717) is 17.1 Å². The zero-order valence-electron chi connectivity index (χ0n) is 13.9. The van der Waals surface area contributed by atoms with Crippen molar-refractivity contribution in [2.24, 2.45) is 0 Å². The number of nitrogens with zero attached hydrogens (tertiary/aromatic N) is 3. The first-order chi connectivity index (χ1) is 13.2. The van der Waals surface area contributed by atoms with Gasteiger partial charge < -0.3 is 14.4 Å². The highest BCUT2D eigenvalue weighted by molar-refractivity contribution is 5.92. The van der Waals surface area contributed by atoms with Crippen molar-refractivity contribution in [1.82, 2.24) is 20.6 Å². The largest absolute Gasteiger partial charge is 0.355 e. The number of nitrogens with one attached hydrogen (secondary N) is 1.